The first kappa shape index (κ1) is 21.0. The molecule has 13 heteroatoms. The Labute approximate surface area is 160 Å². The van der Waals surface area contributed by atoms with Gasteiger partial charge in [0.25, 0.3) is 21.6 Å². The Morgan fingerprint density at radius 1 is 1.31 bits per heavy atom. The first-order valence-corrected chi connectivity index (χ1v) is 10.5. The summed E-state index contributed by atoms with van der Waals surface area (Å²) < 4.78 is 66.6. The van der Waals surface area contributed by atoms with E-state index in [9.17, 15) is 21.4 Å². The molecule has 2 aromatic rings. The molecule has 0 aliphatic rings. The summed E-state index contributed by atoms with van der Waals surface area (Å²) in [4.78, 5) is 3.63. The van der Waals surface area contributed by atoms with Gasteiger partial charge in [-0.15, -0.1) is 5.10 Å². The third-order valence-electron chi connectivity index (χ3n) is 3.14. The van der Waals surface area contributed by atoms with Crippen molar-refractivity contribution in [1.82, 2.24) is 22.8 Å². The third kappa shape index (κ3) is 4.91. The number of sulfonamides is 1. The monoisotopic (exact) mass is 471 g/mol. The quantitative estimate of drug-likeness (QED) is 0.581. The van der Waals surface area contributed by atoms with E-state index in [4.69, 9.17) is 0 Å². The summed E-state index contributed by atoms with van der Waals surface area (Å²) in [5, 5.41) is 2.98. The van der Waals surface area contributed by atoms with Crippen LogP contribution in [-0.4, -0.2) is 62.5 Å². The van der Waals surface area contributed by atoms with Crippen LogP contribution in [0.4, 0.5) is 8.78 Å². The Kier molecular flexibility index (Phi) is 6.96. The molecule has 0 fully saturated rings. The van der Waals surface area contributed by atoms with Crippen LogP contribution in [0, 0.1) is 0 Å². The molecular formula is C13H16BrF2N5O3S2. The van der Waals surface area contributed by atoms with Gasteiger partial charge < -0.3 is 0 Å². The molecule has 0 aliphatic carbocycles. The molecule has 0 amide bonds. The number of nitrogens with zero attached hydrogens (tertiary/aromatic N) is 5. The fraction of sp³-hybridized carbons (Fsp3) is 0.385. The van der Waals surface area contributed by atoms with Crippen molar-refractivity contribution in [3.63, 3.8) is 0 Å². The molecule has 0 saturated carbocycles. The van der Waals surface area contributed by atoms with Gasteiger partial charge in [-0.1, -0.05) is 34.1 Å². The molecule has 0 saturated heterocycles. The van der Waals surface area contributed by atoms with Crippen LogP contribution < -0.4 is 0 Å². The molecule has 2 rings (SSSR count). The predicted octanol–water partition coefficient (Wildman–Crippen LogP) is 1.48. The van der Waals surface area contributed by atoms with Gasteiger partial charge in [0.15, 0.2) is 0 Å². The summed E-state index contributed by atoms with van der Waals surface area (Å²) >= 11 is 1.49. The van der Waals surface area contributed by atoms with Crippen molar-refractivity contribution in [3.05, 3.63) is 40.6 Å². The zero-order chi connectivity index (χ0) is 19.5. The highest BCUT2D eigenvalue weighted by molar-refractivity contribution is 9.10. The molecule has 1 aromatic carbocycles. The maximum atomic E-state index is 13.0. The van der Waals surface area contributed by atoms with Crippen molar-refractivity contribution < 1.29 is 21.4 Å². The van der Waals surface area contributed by atoms with E-state index in [1.165, 1.54) is 18.4 Å². The van der Waals surface area contributed by atoms with Crippen molar-refractivity contribution in [3.8, 4) is 0 Å². The van der Waals surface area contributed by atoms with Crippen LogP contribution in [0.15, 0.2) is 40.2 Å². The summed E-state index contributed by atoms with van der Waals surface area (Å²) in [7, 11) is -1.41. The van der Waals surface area contributed by atoms with Crippen LogP contribution in [0.25, 0.3) is 0 Å². The minimum atomic E-state index is -4.41. The van der Waals surface area contributed by atoms with Crippen molar-refractivity contribution in [2.45, 2.75) is 18.1 Å². The second-order valence-electron chi connectivity index (χ2n) is 5.25. The summed E-state index contributed by atoms with van der Waals surface area (Å²) in [6.45, 7) is -1.31. The van der Waals surface area contributed by atoms with Gasteiger partial charge in [0.1, 0.15) is 6.33 Å². The van der Waals surface area contributed by atoms with Crippen LogP contribution in [0.3, 0.4) is 0 Å². The lowest BCUT2D eigenvalue weighted by Crippen LogP contribution is -2.35. The molecule has 0 bridgehead atoms. The molecule has 1 aromatic heterocycles. The number of benzene rings is 1. The van der Waals surface area contributed by atoms with E-state index in [2.05, 4.69) is 26.0 Å². The van der Waals surface area contributed by atoms with Crippen molar-refractivity contribution >= 4 is 37.1 Å². The average molecular weight is 472 g/mol. The normalized spacial score (nSPS) is 13.7. The molecule has 0 N–H and O–H groups in total. The largest absolute Gasteiger partial charge is 0.283 e. The second kappa shape index (κ2) is 8.61. The molecule has 26 heavy (non-hydrogen) atoms. The lowest BCUT2D eigenvalue weighted by Gasteiger charge is -2.20. The van der Waals surface area contributed by atoms with Gasteiger partial charge in [0, 0.05) is 25.1 Å². The maximum absolute atomic E-state index is 13.0. The van der Waals surface area contributed by atoms with Crippen molar-refractivity contribution in [1.29, 1.82) is 0 Å². The zero-order valence-electron chi connectivity index (χ0n) is 13.8. The highest BCUT2D eigenvalue weighted by Gasteiger charge is 2.32. The predicted molar refractivity (Wildman–Crippen MR) is 95.0 cm³/mol. The Hall–Kier alpha value is -1.28. The zero-order valence-corrected chi connectivity index (χ0v) is 17.0. The third-order valence-corrected chi connectivity index (χ3v) is 6.64. The van der Waals surface area contributed by atoms with Crippen LogP contribution in [0.2, 0.25) is 0 Å². The molecule has 0 radical (unpaired) electrons. The minimum absolute atomic E-state index is 0.292. The first-order valence-electron chi connectivity index (χ1n) is 7.16. The first-order chi connectivity index (χ1) is 12.1. The smallest absolute Gasteiger partial charge is 0.217 e. The summed E-state index contributed by atoms with van der Waals surface area (Å²) in [6.07, 6.45) is -1.91. The molecule has 0 spiro atoms. The number of halogens is 3. The molecule has 8 nitrogen and oxygen atoms in total. The van der Waals surface area contributed by atoms with E-state index in [1.54, 1.807) is 24.3 Å². The topological polar surface area (TPSA) is 88.4 Å². The van der Waals surface area contributed by atoms with E-state index in [1.807, 2.05) is 0 Å². The van der Waals surface area contributed by atoms with Crippen LogP contribution >= 0.6 is 15.9 Å². The van der Waals surface area contributed by atoms with Gasteiger partial charge in [-0.3, -0.25) is 0 Å². The molecule has 1 atom stereocenters. The number of alkyl halides is 2. The standard InChI is InChI=1S/C13H16BrF2N5O3S2/c1-19(2)25(22)21-9-17-13(18-21)26(23,24)20(8-12(15)16)7-10-5-3-4-6-11(10)14/h3-6,9,12H,7-8H2,1-2H3. The molecule has 144 valence electrons. The number of aromatic nitrogens is 3. The van der Waals surface area contributed by atoms with Gasteiger partial charge in [-0.2, -0.15) is 8.39 Å². The van der Waals surface area contributed by atoms with Gasteiger partial charge in [0.2, 0.25) is 11.2 Å². The Bertz CT molecular complexity index is 891. The van der Waals surface area contributed by atoms with Crippen molar-refractivity contribution in [2.75, 3.05) is 20.6 Å². The van der Waals surface area contributed by atoms with Gasteiger partial charge >= 0.3 is 0 Å². The molecule has 1 heterocycles. The Balaban J connectivity index is 2.37. The summed E-state index contributed by atoms with van der Waals surface area (Å²) in [5.74, 6) is 0. The number of hydrogen-bond acceptors (Lipinski definition) is 5. The Morgan fingerprint density at radius 3 is 2.54 bits per heavy atom. The van der Waals surface area contributed by atoms with E-state index in [0.29, 0.717) is 14.3 Å². The fourth-order valence-corrected chi connectivity index (χ4v) is 4.22. The highest BCUT2D eigenvalue weighted by Crippen LogP contribution is 2.22. The summed E-state index contributed by atoms with van der Waals surface area (Å²) in [6, 6.07) is 6.68. The van der Waals surface area contributed by atoms with E-state index >= 15 is 0 Å². The highest BCUT2D eigenvalue weighted by atomic mass is 79.9. The average Bonchev–Trinajstić information content (AvgIpc) is 3.05. The van der Waals surface area contributed by atoms with Crippen LogP contribution in [-0.2, 0) is 27.7 Å². The van der Waals surface area contributed by atoms with Crippen molar-refractivity contribution in [2.24, 2.45) is 0 Å². The number of rotatable bonds is 8. The molecular weight excluding hydrogens is 456 g/mol. The Morgan fingerprint density at radius 2 is 1.96 bits per heavy atom. The van der Waals surface area contributed by atoms with Gasteiger partial charge in [0.05, 0.1) is 6.54 Å². The van der Waals surface area contributed by atoms with Gasteiger partial charge in [-0.05, 0) is 11.6 Å². The second-order valence-corrected chi connectivity index (χ2v) is 9.50. The van der Waals surface area contributed by atoms with E-state index in [0.717, 1.165) is 10.4 Å². The van der Waals surface area contributed by atoms with E-state index < -0.39 is 39.3 Å². The maximum Gasteiger partial charge on any atom is 0.283 e. The lowest BCUT2D eigenvalue weighted by atomic mass is 10.2. The fourth-order valence-electron chi connectivity index (χ4n) is 1.93. The van der Waals surface area contributed by atoms with Crippen LogP contribution in [0.5, 0.6) is 0 Å². The minimum Gasteiger partial charge on any atom is -0.217 e. The number of hydrogen-bond donors (Lipinski definition) is 0. The van der Waals surface area contributed by atoms with Gasteiger partial charge in [-0.25, -0.2) is 30.7 Å². The SMILES string of the molecule is CN(C)S(=O)n1cnc(S(=O)(=O)N(Cc2ccccc2Br)CC(F)F)n1. The summed E-state index contributed by atoms with van der Waals surface area (Å²) in [5.41, 5.74) is 0.507. The molecule has 1 unspecified atom stereocenters. The molecule has 0 aliphatic heterocycles. The van der Waals surface area contributed by atoms with Crippen LogP contribution in [0.1, 0.15) is 5.56 Å². The lowest BCUT2D eigenvalue weighted by molar-refractivity contribution is 0.117. The van der Waals surface area contributed by atoms with E-state index in [-0.39, 0.29) is 6.54 Å².